The van der Waals surface area contributed by atoms with Gasteiger partial charge < -0.3 is 24.8 Å². The molecule has 1 saturated heterocycles. The first-order valence-electron chi connectivity index (χ1n) is 12.1. The molecule has 1 aliphatic rings. The van der Waals surface area contributed by atoms with Crippen molar-refractivity contribution < 1.29 is 33.0 Å². The Kier molecular flexibility index (Phi) is 9.65. The summed E-state index contributed by atoms with van der Waals surface area (Å²) in [7, 11) is -4.25. The number of hydrogen-bond acceptors (Lipinski definition) is 11. The highest BCUT2D eigenvalue weighted by atomic mass is 31.2. The van der Waals surface area contributed by atoms with Gasteiger partial charge in [-0.1, -0.05) is 31.5 Å². The molecule has 14 heteroatoms. The molecule has 1 unspecified atom stereocenters. The van der Waals surface area contributed by atoms with Gasteiger partial charge in [-0.25, -0.2) is 9.36 Å². The van der Waals surface area contributed by atoms with E-state index in [1.807, 2.05) is 13.0 Å². The van der Waals surface area contributed by atoms with Gasteiger partial charge in [-0.2, -0.15) is 15.3 Å². The molecule has 1 aliphatic heterocycles. The molecule has 1 fully saturated rings. The van der Waals surface area contributed by atoms with Crippen molar-refractivity contribution in [3.63, 3.8) is 0 Å². The number of anilines is 1. The smallest absolute Gasteiger partial charge is 0.459 e. The Morgan fingerprint density at radius 1 is 1.39 bits per heavy atom. The number of unbranched alkanes of at least 4 members (excludes halogenated alkanes) is 1. The molecule has 0 saturated carbocycles. The average molecular weight is 550 g/mol. The molecule has 3 rings (SSSR count). The molecule has 0 bridgehead atoms. The van der Waals surface area contributed by atoms with Crippen LogP contribution in [-0.2, 0) is 23.4 Å². The number of nitrogen functional groups attached to an aromatic ring is 1. The summed E-state index contributed by atoms with van der Waals surface area (Å²) < 4.78 is 37.0. The van der Waals surface area contributed by atoms with Crippen LogP contribution >= 0.6 is 7.75 Å². The van der Waals surface area contributed by atoms with Crippen molar-refractivity contribution in [3.8, 4) is 11.8 Å². The van der Waals surface area contributed by atoms with Gasteiger partial charge in [-0.05, 0) is 38.5 Å². The Morgan fingerprint density at radius 2 is 2.11 bits per heavy atom. The Balaban J connectivity index is 1.80. The molecule has 13 nitrogen and oxygen atoms in total. The van der Waals surface area contributed by atoms with Crippen molar-refractivity contribution >= 4 is 19.5 Å². The van der Waals surface area contributed by atoms with Crippen LogP contribution in [0, 0.1) is 16.7 Å². The second-order valence-corrected chi connectivity index (χ2v) is 10.7. The van der Waals surface area contributed by atoms with Crippen molar-refractivity contribution in [1.29, 1.82) is 5.26 Å². The molecule has 1 aromatic carbocycles. The number of nitrogens with one attached hydrogen (secondary N) is 1. The van der Waals surface area contributed by atoms with Crippen molar-refractivity contribution in [2.45, 2.75) is 58.1 Å². The lowest BCUT2D eigenvalue weighted by molar-refractivity contribution is -0.145. The van der Waals surface area contributed by atoms with Crippen molar-refractivity contribution in [2.24, 2.45) is 5.41 Å². The number of nitrogens with zero attached hydrogens (tertiary/aromatic N) is 3. The van der Waals surface area contributed by atoms with Gasteiger partial charge in [-0.15, -0.1) is 0 Å². The molecule has 6 atom stereocenters. The molecule has 2 aromatic rings. The number of para-hydroxylation sites is 1. The molecule has 4 N–H and O–H groups in total. The molecule has 206 valence electrons. The quantitative estimate of drug-likeness (QED) is 0.199. The highest BCUT2D eigenvalue weighted by Crippen LogP contribution is 2.48. The van der Waals surface area contributed by atoms with Crippen LogP contribution < -0.4 is 21.0 Å². The Bertz CT molecular complexity index is 1250. The number of benzene rings is 1. The Labute approximate surface area is 220 Å². The van der Waals surface area contributed by atoms with Gasteiger partial charge >= 0.3 is 19.4 Å². The summed E-state index contributed by atoms with van der Waals surface area (Å²) in [6.07, 6.45) is -1.09. The molecule has 0 aliphatic carbocycles. The topological polar surface area (TPSA) is 188 Å². The minimum Gasteiger partial charge on any atom is -0.465 e. The first-order chi connectivity index (χ1) is 18.0. The minimum absolute atomic E-state index is 0.0178. The van der Waals surface area contributed by atoms with Crippen LogP contribution in [-0.4, -0.2) is 52.1 Å². The van der Waals surface area contributed by atoms with Crippen LogP contribution in [0.4, 0.5) is 5.82 Å². The summed E-state index contributed by atoms with van der Waals surface area (Å²) in [4.78, 5) is 28.4. The predicted molar refractivity (Wildman–Crippen MR) is 136 cm³/mol. The molecule has 2 heterocycles. The first-order valence-corrected chi connectivity index (χ1v) is 13.6. The van der Waals surface area contributed by atoms with E-state index in [1.54, 1.807) is 30.3 Å². The number of esters is 1. The molecule has 0 spiro atoms. The number of carbonyl (C=O) groups is 1. The van der Waals surface area contributed by atoms with E-state index in [2.05, 4.69) is 10.1 Å². The van der Waals surface area contributed by atoms with Crippen LogP contribution in [0.5, 0.6) is 5.75 Å². The van der Waals surface area contributed by atoms with Gasteiger partial charge in [0, 0.05) is 6.20 Å². The fraction of sp³-hybridized carbons (Fsp3) is 0.500. The monoisotopic (exact) mass is 549 g/mol. The van der Waals surface area contributed by atoms with Crippen LogP contribution in [0.15, 0.2) is 47.4 Å². The zero-order valence-electron chi connectivity index (χ0n) is 21.4. The first kappa shape index (κ1) is 29.3. The van der Waals surface area contributed by atoms with Gasteiger partial charge in [0.2, 0.25) is 0 Å². The summed E-state index contributed by atoms with van der Waals surface area (Å²) in [6, 6.07) is 10.4. The molecule has 38 heavy (non-hydrogen) atoms. The van der Waals surface area contributed by atoms with Crippen molar-refractivity contribution in [1.82, 2.24) is 14.6 Å². The van der Waals surface area contributed by atoms with E-state index in [4.69, 9.17) is 24.3 Å². The molecule has 0 amide bonds. The van der Waals surface area contributed by atoms with E-state index in [0.29, 0.717) is 6.42 Å². The maximum Gasteiger partial charge on any atom is 0.459 e. The van der Waals surface area contributed by atoms with Gasteiger partial charge in [-0.3, -0.25) is 13.9 Å². The summed E-state index contributed by atoms with van der Waals surface area (Å²) >= 11 is 0. The molecule has 0 radical (unpaired) electrons. The highest BCUT2D eigenvalue weighted by Gasteiger charge is 2.55. The SMILES string of the molecule is CCCCOC(=O)[C@H](C)NP(=O)(OC[C@H]1O[C@@H](n2ccc(N)nc2=O)[C@](C)(C#N)[C@@H]1O)Oc1ccccc1. The second kappa shape index (κ2) is 12.5. The fourth-order valence-electron chi connectivity index (χ4n) is 3.74. The minimum atomic E-state index is -4.25. The summed E-state index contributed by atoms with van der Waals surface area (Å²) in [6.45, 7) is 4.51. The van der Waals surface area contributed by atoms with Crippen LogP contribution in [0.25, 0.3) is 0 Å². The van der Waals surface area contributed by atoms with Crippen LogP contribution in [0.1, 0.15) is 39.8 Å². The number of rotatable bonds is 12. The van der Waals surface area contributed by atoms with Gasteiger partial charge in [0.25, 0.3) is 0 Å². The maximum absolute atomic E-state index is 13.7. The molecular weight excluding hydrogens is 517 g/mol. The van der Waals surface area contributed by atoms with E-state index in [1.165, 1.54) is 26.1 Å². The van der Waals surface area contributed by atoms with E-state index >= 15 is 0 Å². The largest absolute Gasteiger partial charge is 0.465 e. The third kappa shape index (κ3) is 6.78. The van der Waals surface area contributed by atoms with Crippen LogP contribution in [0.3, 0.4) is 0 Å². The van der Waals surface area contributed by atoms with E-state index in [9.17, 15) is 24.5 Å². The number of ether oxygens (including phenoxy) is 2. The number of nitrogens with two attached hydrogens (primary N) is 1. The molecule has 1 aromatic heterocycles. The number of aromatic nitrogens is 2. The molecular formula is C24H32N5O8P. The number of aliphatic hydroxyl groups is 1. The van der Waals surface area contributed by atoms with Gasteiger partial charge in [0.15, 0.2) is 6.23 Å². The number of nitriles is 1. The number of carbonyl (C=O) groups excluding carboxylic acids is 1. The standard InChI is InChI=1S/C24H32N5O8P/c1-4-5-13-34-21(31)16(2)28-38(33,37-17-9-7-6-8-10-17)35-14-18-20(30)24(3,15-25)22(36-18)29-12-11-19(26)27-23(29)32/h6-12,16,18,20,22,30H,4-5,13-14H2,1-3H3,(H,28,33)(H2,26,27,32)/t16-,18+,20+,22+,24+,38?/m0/s1. The number of aliphatic hydroxyl groups excluding tert-OH is 1. The highest BCUT2D eigenvalue weighted by molar-refractivity contribution is 7.52. The van der Waals surface area contributed by atoms with E-state index < -0.39 is 55.9 Å². The predicted octanol–water partition coefficient (Wildman–Crippen LogP) is 2.14. The average Bonchev–Trinajstić information content (AvgIpc) is 3.13. The Hall–Kier alpha value is -3.27. The lowest BCUT2D eigenvalue weighted by atomic mass is 9.84. The summed E-state index contributed by atoms with van der Waals surface area (Å²) in [5.74, 6) is -0.471. The number of hydrogen-bond donors (Lipinski definition) is 3. The van der Waals surface area contributed by atoms with Crippen molar-refractivity contribution in [3.05, 3.63) is 53.1 Å². The third-order valence-electron chi connectivity index (χ3n) is 5.95. The zero-order chi connectivity index (χ0) is 27.9. The zero-order valence-corrected chi connectivity index (χ0v) is 22.2. The summed E-state index contributed by atoms with van der Waals surface area (Å²) in [5, 5.41) is 23.4. The fourth-order valence-corrected chi connectivity index (χ4v) is 5.24. The van der Waals surface area contributed by atoms with Crippen LogP contribution in [0.2, 0.25) is 0 Å². The second-order valence-electron chi connectivity index (χ2n) is 8.98. The summed E-state index contributed by atoms with van der Waals surface area (Å²) in [5.41, 5.74) is 3.18. The van der Waals surface area contributed by atoms with E-state index in [0.717, 1.165) is 11.0 Å². The van der Waals surface area contributed by atoms with Gasteiger partial charge in [0.1, 0.15) is 35.2 Å². The van der Waals surface area contributed by atoms with Crippen molar-refractivity contribution in [2.75, 3.05) is 18.9 Å². The van der Waals surface area contributed by atoms with E-state index in [-0.39, 0.29) is 18.2 Å². The maximum atomic E-state index is 13.7. The lowest BCUT2D eigenvalue weighted by Gasteiger charge is -2.26. The third-order valence-corrected chi connectivity index (χ3v) is 7.60. The lowest BCUT2D eigenvalue weighted by Crippen LogP contribution is -2.40. The normalized spacial score (nSPS) is 25.2. The Morgan fingerprint density at radius 3 is 2.74 bits per heavy atom. The van der Waals surface area contributed by atoms with Gasteiger partial charge in [0.05, 0.1) is 19.3 Å².